The van der Waals surface area contributed by atoms with Crippen LogP contribution in [0.5, 0.6) is 11.5 Å². The standard InChI is InChI=1S/C25H33NO3/c1-18(27)25(2)17-26(14-19-7-5-4-6-8-19)15-22(25)21-11-12-23(28-3)24(13-21)29-16-20-9-10-20/h4-8,11-13,18,20,22,27H,9-10,14-17H2,1-3H3/t18?,22-,25-/m0/s1. The third-order valence-corrected chi connectivity index (χ3v) is 6.77. The Morgan fingerprint density at radius 3 is 2.55 bits per heavy atom. The summed E-state index contributed by atoms with van der Waals surface area (Å²) < 4.78 is 11.6. The topological polar surface area (TPSA) is 41.9 Å². The largest absolute Gasteiger partial charge is 0.493 e. The number of aliphatic hydroxyl groups is 1. The fraction of sp³-hybridized carbons (Fsp3) is 0.520. The molecule has 2 aliphatic rings. The van der Waals surface area contributed by atoms with E-state index in [0.29, 0.717) is 5.92 Å². The zero-order valence-corrected chi connectivity index (χ0v) is 17.8. The number of hydrogen-bond acceptors (Lipinski definition) is 4. The molecule has 4 heteroatoms. The van der Waals surface area contributed by atoms with Gasteiger partial charge >= 0.3 is 0 Å². The molecule has 29 heavy (non-hydrogen) atoms. The van der Waals surface area contributed by atoms with Gasteiger partial charge in [0.1, 0.15) is 0 Å². The van der Waals surface area contributed by atoms with Crippen LogP contribution < -0.4 is 9.47 Å². The quantitative estimate of drug-likeness (QED) is 0.716. The molecule has 2 fully saturated rings. The number of nitrogens with zero attached hydrogens (tertiary/aromatic N) is 1. The molecular weight excluding hydrogens is 362 g/mol. The van der Waals surface area contributed by atoms with Crippen LogP contribution in [0, 0.1) is 11.3 Å². The molecule has 1 aliphatic carbocycles. The molecule has 0 spiro atoms. The SMILES string of the molecule is COc1ccc([C@@H]2CN(Cc3ccccc3)C[C@@]2(C)C(C)O)cc1OCC1CC1. The summed E-state index contributed by atoms with van der Waals surface area (Å²) in [6.45, 7) is 7.59. The van der Waals surface area contributed by atoms with E-state index in [2.05, 4.69) is 54.3 Å². The van der Waals surface area contributed by atoms with Crippen LogP contribution in [0.15, 0.2) is 48.5 Å². The van der Waals surface area contributed by atoms with Gasteiger partial charge in [0, 0.05) is 31.0 Å². The molecule has 1 unspecified atom stereocenters. The van der Waals surface area contributed by atoms with Crippen LogP contribution in [-0.2, 0) is 6.54 Å². The highest BCUT2D eigenvalue weighted by atomic mass is 16.5. The molecular formula is C25H33NO3. The Bertz CT molecular complexity index is 818. The van der Waals surface area contributed by atoms with E-state index >= 15 is 0 Å². The number of aliphatic hydroxyl groups excluding tert-OH is 1. The van der Waals surface area contributed by atoms with E-state index in [0.717, 1.165) is 37.7 Å². The minimum atomic E-state index is -0.397. The molecule has 0 bridgehead atoms. The maximum absolute atomic E-state index is 10.7. The Kier molecular flexibility index (Phi) is 5.84. The lowest BCUT2D eigenvalue weighted by molar-refractivity contribution is 0.0474. The van der Waals surface area contributed by atoms with Gasteiger partial charge in [0.2, 0.25) is 0 Å². The smallest absolute Gasteiger partial charge is 0.161 e. The minimum Gasteiger partial charge on any atom is -0.493 e. The normalized spacial score (nSPS) is 25.7. The molecule has 1 saturated carbocycles. The second kappa shape index (κ2) is 8.37. The second-order valence-corrected chi connectivity index (χ2v) is 9.05. The van der Waals surface area contributed by atoms with Crippen molar-refractivity contribution in [2.45, 2.75) is 45.3 Å². The molecule has 1 heterocycles. The summed E-state index contributed by atoms with van der Waals surface area (Å²) in [4.78, 5) is 2.46. The number of benzene rings is 2. The molecule has 0 radical (unpaired) electrons. The zero-order valence-electron chi connectivity index (χ0n) is 17.8. The average Bonchev–Trinajstić information content (AvgIpc) is 3.49. The van der Waals surface area contributed by atoms with Gasteiger partial charge in [0.25, 0.3) is 0 Å². The molecule has 2 aromatic carbocycles. The van der Waals surface area contributed by atoms with Gasteiger partial charge in [0.05, 0.1) is 19.8 Å². The molecule has 1 N–H and O–H groups in total. The molecule has 1 saturated heterocycles. The summed E-state index contributed by atoms with van der Waals surface area (Å²) >= 11 is 0. The Morgan fingerprint density at radius 2 is 1.90 bits per heavy atom. The number of likely N-dealkylation sites (tertiary alicyclic amines) is 1. The maximum atomic E-state index is 10.7. The van der Waals surface area contributed by atoms with Gasteiger partial charge in [-0.1, -0.05) is 43.3 Å². The minimum absolute atomic E-state index is 0.211. The lowest BCUT2D eigenvalue weighted by Gasteiger charge is -2.34. The van der Waals surface area contributed by atoms with Crippen LogP contribution in [0.4, 0.5) is 0 Å². The van der Waals surface area contributed by atoms with Gasteiger partial charge in [-0.25, -0.2) is 0 Å². The summed E-state index contributed by atoms with van der Waals surface area (Å²) in [6, 6.07) is 16.9. The van der Waals surface area contributed by atoms with Crippen molar-refractivity contribution in [3.8, 4) is 11.5 Å². The van der Waals surface area contributed by atoms with E-state index in [1.54, 1.807) is 7.11 Å². The van der Waals surface area contributed by atoms with Crippen molar-refractivity contribution in [3.63, 3.8) is 0 Å². The van der Waals surface area contributed by atoms with Gasteiger partial charge in [-0.15, -0.1) is 0 Å². The maximum Gasteiger partial charge on any atom is 0.161 e. The molecule has 156 valence electrons. The summed E-state index contributed by atoms with van der Waals surface area (Å²) in [5.74, 6) is 2.54. The molecule has 2 aromatic rings. The van der Waals surface area contributed by atoms with Gasteiger partial charge in [-0.3, -0.25) is 4.90 Å². The van der Waals surface area contributed by atoms with Crippen molar-refractivity contribution in [3.05, 3.63) is 59.7 Å². The van der Waals surface area contributed by atoms with Crippen molar-refractivity contribution >= 4 is 0 Å². The van der Waals surface area contributed by atoms with E-state index < -0.39 is 6.10 Å². The summed E-state index contributed by atoms with van der Waals surface area (Å²) in [5, 5.41) is 10.7. The lowest BCUT2D eigenvalue weighted by Crippen LogP contribution is -2.37. The van der Waals surface area contributed by atoms with E-state index in [-0.39, 0.29) is 11.3 Å². The Hall–Kier alpha value is -2.04. The van der Waals surface area contributed by atoms with E-state index in [9.17, 15) is 5.11 Å². The van der Waals surface area contributed by atoms with E-state index in [1.165, 1.54) is 24.0 Å². The summed E-state index contributed by atoms with van der Waals surface area (Å²) in [5.41, 5.74) is 2.32. The number of methoxy groups -OCH3 is 1. The van der Waals surface area contributed by atoms with Crippen LogP contribution in [0.25, 0.3) is 0 Å². The van der Waals surface area contributed by atoms with Crippen LogP contribution in [0.1, 0.15) is 43.7 Å². The fourth-order valence-electron chi connectivity index (χ4n) is 4.51. The van der Waals surface area contributed by atoms with Crippen LogP contribution >= 0.6 is 0 Å². The molecule has 3 atom stereocenters. The van der Waals surface area contributed by atoms with Crippen molar-refractivity contribution in [1.82, 2.24) is 4.90 Å². The van der Waals surface area contributed by atoms with Crippen molar-refractivity contribution < 1.29 is 14.6 Å². The van der Waals surface area contributed by atoms with Crippen molar-refractivity contribution in [2.75, 3.05) is 26.8 Å². The Morgan fingerprint density at radius 1 is 1.14 bits per heavy atom. The Balaban J connectivity index is 1.58. The number of hydrogen-bond donors (Lipinski definition) is 1. The highest BCUT2D eigenvalue weighted by Crippen LogP contribution is 2.47. The molecule has 1 aliphatic heterocycles. The average molecular weight is 396 g/mol. The first-order valence-corrected chi connectivity index (χ1v) is 10.7. The number of ether oxygens (including phenoxy) is 2. The molecule has 0 aromatic heterocycles. The number of rotatable bonds is 8. The van der Waals surface area contributed by atoms with Crippen LogP contribution in [0.3, 0.4) is 0 Å². The molecule has 4 rings (SSSR count). The highest BCUT2D eigenvalue weighted by molar-refractivity contribution is 5.45. The van der Waals surface area contributed by atoms with Gasteiger partial charge in [-0.05, 0) is 48.9 Å². The predicted molar refractivity (Wildman–Crippen MR) is 115 cm³/mol. The summed E-state index contributed by atoms with van der Waals surface area (Å²) in [7, 11) is 1.69. The van der Waals surface area contributed by atoms with E-state index in [1.807, 2.05) is 13.0 Å². The van der Waals surface area contributed by atoms with Gasteiger partial charge in [-0.2, -0.15) is 0 Å². The fourth-order valence-corrected chi connectivity index (χ4v) is 4.51. The monoisotopic (exact) mass is 395 g/mol. The molecule has 4 nitrogen and oxygen atoms in total. The first-order valence-electron chi connectivity index (χ1n) is 10.7. The first-order chi connectivity index (χ1) is 14.0. The zero-order chi connectivity index (χ0) is 20.4. The third-order valence-electron chi connectivity index (χ3n) is 6.77. The van der Waals surface area contributed by atoms with Crippen LogP contribution in [0.2, 0.25) is 0 Å². The lowest BCUT2D eigenvalue weighted by atomic mass is 9.72. The third kappa shape index (κ3) is 4.44. The van der Waals surface area contributed by atoms with Gasteiger partial charge in [0.15, 0.2) is 11.5 Å². The van der Waals surface area contributed by atoms with Crippen molar-refractivity contribution in [2.24, 2.45) is 11.3 Å². The first kappa shape index (κ1) is 20.2. The summed E-state index contributed by atoms with van der Waals surface area (Å²) in [6.07, 6.45) is 2.13. The molecule has 0 amide bonds. The van der Waals surface area contributed by atoms with E-state index in [4.69, 9.17) is 9.47 Å². The second-order valence-electron chi connectivity index (χ2n) is 9.05. The predicted octanol–water partition coefficient (Wildman–Crippen LogP) is 4.47. The Labute approximate surface area is 174 Å². The van der Waals surface area contributed by atoms with Gasteiger partial charge < -0.3 is 14.6 Å². The highest BCUT2D eigenvalue weighted by Gasteiger charge is 2.47. The van der Waals surface area contributed by atoms with Crippen LogP contribution in [-0.4, -0.2) is 42.9 Å². The van der Waals surface area contributed by atoms with Crippen molar-refractivity contribution in [1.29, 1.82) is 0 Å².